The second-order valence-corrected chi connectivity index (χ2v) is 6.73. The SMILES string of the molecule is CC1c2cccn2CCN1CC(=O)Nc1ccccc1-c1ccccc1. The van der Waals surface area contributed by atoms with Crippen LogP contribution in [0.25, 0.3) is 11.1 Å². The quantitative estimate of drug-likeness (QED) is 0.770. The van der Waals surface area contributed by atoms with Gasteiger partial charge in [0.25, 0.3) is 0 Å². The first-order valence-corrected chi connectivity index (χ1v) is 9.06. The van der Waals surface area contributed by atoms with E-state index in [-0.39, 0.29) is 11.9 Å². The molecule has 3 aromatic rings. The van der Waals surface area contributed by atoms with Crippen LogP contribution in [0, 0.1) is 0 Å². The Kier molecular flexibility index (Phi) is 4.59. The molecule has 1 N–H and O–H groups in total. The van der Waals surface area contributed by atoms with E-state index in [9.17, 15) is 4.79 Å². The average Bonchev–Trinajstić information content (AvgIpc) is 3.15. The van der Waals surface area contributed by atoms with E-state index in [0.717, 1.165) is 29.9 Å². The summed E-state index contributed by atoms with van der Waals surface area (Å²) in [4.78, 5) is 14.9. The molecule has 0 fully saturated rings. The van der Waals surface area contributed by atoms with Gasteiger partial charge in [-0.1, -0.05) is 48.5 Å². The Balaban J connectivity index is 1.48. The summed E-state index contributed by atoms with van der Waals surface area (Å²) in [5.74, 6) is 0.0280. The third kappa shape index (κ3) is 3.28. The van der Waals surface area contributed by atoms with Crippen molar-refractivity contribution >= 4 is 11.6 Å². The van der Waals surface area contributed by atoms with Crippen molar-refractivity contribution in [2.75, 3.05) is 18.4 Å². The molecular formula is C22H23N3O. The topological polar surface area (TPSA) is 37.3 Å². The standard InChI is InChI=1S/C22H23N3O/c1-17-21-12-7-13-24(21)14-15-25(17)16-22(26)23-20-11-6-5-10-19(20)18-8-3-2-4-9-18/h2-13,17H,14-16H2,1H3,(H,23,26). The minimum Gasteiger partial charge on any atom is -0.349 e. The van der Waals surface area contributed by atoms with Crippen molar-refractivity contribution in [3.63, 3.8) is 0 Å². The number of nitrogens with zero attached hydrogens (tertiary/aromatic N) is 2. The van der Waals surface area contributed by atoms with Gasteiger partial charge < -0.3 is 9.88 Å². The zero-order valence-electron chi connectivity index (χ0n) is 14.9. The molecular weight excluding hydrogens is 322 g/mol. The maximum absolute atomic E-state index is 12.7. The molecule has 0 radical (unpaired) electrons. The van der Waals surface area contributed by atoms with E-state index >= 15 is 0 Å². The van der Waals surface area contributed by atoms with Crippen molar-refractivity contribution in [2.45, 2.75) is 19.5 Å². The Morgan fingerprint density at radius 3 is 2.62 bits per heavy atom. The van der Waals surface area contributed by atoms with Crippen LogP contribution >= 0.6 is 0 Å². The maximum Gasteiger partial charge on any atom is 0.238 e. The number of amides is 1. The minimum atomic E-state index is 0.0280. The molecule has 1 aromatic heterocycles. The first kappa shape index (κ1) is 16.6. The molecule has 1 aliphatic rings. The summed E-state index contributed by atoms with van der Waals surface area (Å²) in [6.45, 7) is 4.38. The summed E-state index contributed by atoms with van der Waals surface area (Å²) in [5.41, 5.74) is 4.28. The Hall–Kier alpha value is -2.85. The van der Waals surface area contributed by atoms with Crippen LogP contribution in [0.3, 0.4) is 0 Å². The molecule has 0 saturated carbocycles. The summed E-state index contributed by atoms with van der Waals surface area (Å²) >= 11 is 0. The smallest absolute Gasteiger partial charge is 0.238 e. The van der Waals surface area contributed by atoms with Crippen LogP contribution < -0.4 is 5.32 Å². The second kappa shape index (κ2) is 7.18. The van der Waals surface area contributed by atoms with Gasteiger partial charge in [0.15, 0.2) is 0 Å². The predicted molar refractivity (Wildman–Crippen MR) is 105 cm³/mol. The van der Waals surface area contributed by atoms with Crippen molar-refractivity contribution in [1.29, 1.82) is 0 Å². The van der Waals surface area contributed by atoms with E-state index < -0.39 is 0 Å². The van der Waals surface area contributed by atoms with Crippen molar-refractivity contribution in [3.8, 4) is 11.1 Å². The van der Waals surface area contributed by atoms with Crippen molar-refractivity contribution in [2.24, 2.45) is 0 Å². The molecule has 1 atom stereocenters. The Labute approximate surface area is 154 Å². The number of rotatable bonds is 4. The number of nitrogens with one attached hydrogen (secondary N) is 1. The first-order valence-electron chi connectivity index (χ1n) is 9.06. The lowest BCUT2D eigenvalue weighted by atomic mass is 10.0. The third-order valence-corrected chi connectivity index (χ3v) is 5.10. The fraction of sp³-hybridized carbons (Fsp3) is 0.227. The first-order chi connectivity index (χ1) is 12.7. The van der Waals surface area contributed by atoms with Crippen LogP contribution in [0.15, 0.2) is 72.9 Å². The molecule has 132 valence electrons. The Morgan fingerprint density at radius 1 is 1.00 bits per heavy atom. The van der Waals surface area contributed by atoms with Crippen molar-refractivity contribution in [1.82, 2.24) is 9.47 Å². The van der Waals surface area contributed by atoms with Gasteiger partial charge in [-0.3, -0.25) is 9.69 Å². The zero-order valence-corrected chi connectivity index (χ0v) is 14.9. The van der Waals surface area contributed by atoms with Gasteiger partial charge in [-0.2, -0.15) is 0 Å². The summed E-state index contributed by atoms with van der Waals surface area (Å²) in [6, 6.07) is 22.6. The second-order valence-electron chi connectivity index (χ2n) is 6.73. The number of para-hydroxylation sites is 1. The van der Waals surface area contributed by atoms with Crippen LogP contribution in [0.2, 0.25) is 0 Å². The molecule has 4 heteroatoms. The molecule has 0 bridgehead atoms. The van der Waals surface area contributed by atoms with Gasteiger partial charge in [0.1, 0.15) is 0 Å². The average molecular weight is 345 g/mol. The largest absolute Gasteiger partial charge is 0.349 e. The fourth-order valence-electron chi connectivity index (χ4n) is 3.68. The monoisotopic (exact) mass is 345 g/mol. The lowest BCUT2D eigenvalue weighted by molar-refractivity contribution is -0.118. The molecule has 26 heavy (non-hydrogen) atoms. The van der Waals surface area contributed by atoms with E-state index in [4.69, 9.17) is 0 Å². The fourth-order valence-corrected chi connectivity index (χ4v) is 3.68. The van der Waals surface area contributed by atoms with Gasteiger partial charge in [0, 0.05) is 42.3 Å². The number of carbonyl (C=O) groups is 1. The summed E-state index contributed by atoms with van der Waals surface area (Å²) in [5, 5.41) is 3.11. The maximum atomic E-state index is 12.7. The molecule has 0 saturated heterocycles. The Bertz CT molecular complexity index is 901. The van der Waals surface area contributed by atoms with Crippen LogP contribution in [0.4, 0.5) is 5.69 Å². The lowest BCUT2D eigenvalue weighted by Crippen LogP contribution is -2.41. The van der Waals surface area contributed by atoms with E-state index in [0.29, 0.717) is 6.54 Å². The van der Waals surface area contributed by atoms with Crippen LogP contribution in [-0.2, 0) is 11.3 Å². The van der Waals surface area contributed by atoms with Gasteiger partial charge in [0.2, 0.25) is 5.91 Å². The number of anilines is 1. The van der Waals surface area contributed by atoms with Gasteiger partial charge in [-0.15, -0.1) is 0 Å². The number of hydrogen-bond acceptors (Lipinski definition) is 2. The molecule has 2 heterocycles. The molecule has 4 rings (SSSR count). The summed E-state index contributed by atoms with van der Waals surface area (Å²) in [6.07, 6.45) is 2.11. The van der Waals surface area contributed by atoms with Crippen LogP contribution in [-0.4, -0.2) is 28.5 Å². The zero-order chi connectivity index (χ0) is 17.9. The van der Waals surface area contributed by atoms with Gasteiger partial charge in [0.05, 0.1) is 6.54 Å². The molecule has 0 spiro atoms. The number of aromatic nitrogens is 1. The van der Waals surface area contributed by atoms with Gasteiger partial charge in [-0.05, 0) is 30.7 Å². The van der Waals surface area contributed by atoms with E-state index in [1.165, 1.54) is 5.69 Å². The minimum absolute atomic E-state index is 0.0280. The third-order valence-electron chi connectivity index (χ3n) is 5.10. The van der Waals surface area contributed by atoms with Crippen molar-refractivity contribution in [3.05, 3.63) is 78.6 Å². The lowest BCUT2D eigenvalue weighted by Gasteiger charge is -2.34. The highest BCUT2D eigenvalue weighted by atomic mass is 16.2. The number of benzene rings is 2. The van der Waals surface area contributed by atoms with E-state index in [1.807, 2.05) is 42.5 Å². The highest BCUT2D eigenvalue weighted by molar-refractivity contribution is 5.96. The summed E-state index contributed by atoms with van der Waals surface area (Å²) < 4.78 is 2.27. The molecule has 4 nitrogen and oxygen atoms in total. The highest BCUT2D eigenvalue weighted by Crippen LogP contribution is 2.28. The number of carbonyl (C=O) groups excluding carboxylic acids is 1. The van der Waals surface area contributed by atoms with Crippen LogP contribution in [0.1, 0.15) is 18.7 Å². The molecule has 1 unspecified atom stereocenters. The van der Waals surface area contributed by atoms with E-state index in [2.05, 4.69) is 52.2 Å². The van der Waals surface area contributed by atoms with E-state index in [1.54, 1.807) is 0 Å². The number of hydrogen-bond donors (Lipinski definition) is 1. The normalized spacial score (nSPS) is 16.9. The van der Waals surface area contributed by atoms with Crippen molar-refractivity contribution < 1.29 is 4.79 Å². The van der Waals surface area contributed by atoms with Gasteiger partial charge in [-0.25, -0.2) is 0 Å². The molecule has 1 amide bonds. The summed E-state index contributed by atoms with van der Waals surface area (Å²) in [7, 11) is 0. The number of fused-ring (bicyclic) bond motifs is 1. The van der Waals surface area contributed by atoms with Gasteiger partial charge >= 0.3 is 0 Å². The molecule has 2 aromatic carbocycles. The molecule has 1 aliphatic heterocycles. The highest BCUT2D eigenvalue weighted by Gasteiger charge is 2.25. The molecule has 0 aliphatic carbocycles. The predicted octanol–water partition coefficient (Wildman–Crippen LogP) is 4.17. The van der Waals surface area contributed by atoms with Crippen LogP contribution in [0.5, 0.6) is 0 Å². The Morgan fingerprint density at radius 2 is 1.77 bits per heavy atom.